The Balaban J connectivity index is 2.55. The van der Waals surface area contributed by atoms with Crippen LogP contribution in [0.4, 0.5) is 0 Å². The minimum absolute atomic E-state index is 0.168. The molecular weight excluding hydrogens is 216 g/mol. The molecule has 2 rings (SSSR count). The van der Waals surface area contributed by atoms with E-state index in [0.29, 0.717) is 11.3 Å². The summed E-state index contributed by atoms with van der Waals surface area (Å²) in [5, 5.41) is 0.462. The quantitative estimate of drug-likeness (QED) is 0.753. The van der Waals surface area contributed by atoms with Gasteiger partial charge in [0.2, 0.25) is 5.24 Å². The molecule has 0 fully saturated rings. The van der Waals surface area contributed by atoms with E-state index in [4.69, 9.17) is 20.8 Å². The largest absolute Gasteiger partial charge is 0.493 e. The van der Waals surface area contributed by atoms with E-state index in [9.17, 15) is 4.79 Å². The van der Waals surface area contributed by atoms with Gasteiger partial charge in [-0.2, -0.15) is 0 Å². The molecule has 1 heterocycles. The van der Waals surface area contributed by atoms with E-state index >= 15 is 0 Å². The van der Waals surface area contributed by atoms with Gasteiger partial charge in [0.05, 0.1) is 19.8 Å². The lowest BCUT2D eigenvalue weighted by atomic mass is 10.1. The number of carbonyl (C=O) groups excluding carboxylic acids is 1. The van der Waals surface area contributed by atoms with Crippen molar-refractivity contribution in [3.63, 3.8) is 0 Å². The lowest BCUT2D eigenvalue weighted by molar-refractivity contribution is -0.111. The Bertz CT molecular complexity index is 502. The van der Waals surface area contributed by atoms with Crippen molar-refractivity contribution in [1.29, 1.82) is 0 Å². The lowest BCUT2D eigenvalue weighted by Crippen LogP contribution is -1.91. The van der Waals surface area contributed by atoms with Crippen molar-refractivity contribution in [3.05, 3.63) is 30.0 Å². The molecule has 0 amide bonds. The number of ether oxygens (including phenoxy) is 1. The Morgan fingerprint density at radius 1 is 1.53 bits per heavy atom. The maximum absolute atomic E-state index is 10.8. The van der Waals surface area contributed by atoms with Gasteiger partial charge in [0.25, 0.3) is 0 Å². The third-order valence-corrected chi connectivity index (χ3v) is 2.33. The number of para-hydroxylation sites is 1. The van der Waals surface area contributed by atoms with E-state index in [1.54, 1.807) is 13.2 Å². The minimum atomic E-state index is -0.402. The Labute approximate surface area is 91.6 Å². The van der Waals surface area contributed by atoms with Crippen LogP contribution in [-0.4, -0.2) is 12.4 Å². The molecule has 3 nitrogen and oxygen atoms in total. The summed E-state index contributed by atoms with van der Waals surface area (Å²) in [7, 11) is 1.57. The van der Waals surface area contributed by atoms with Gasteiger partial charge in [0.1, 0.15) is 0 Å². The van der Waals surface area contributed by atoms with E-state index in [-0.39, 0.29) is 6.42 Å². The highest BCUT2D eigenvalue weighted by Gasteiger charge is 2.11. The SMILES string of the molecule is COc1cccc2c(CC(=O)Cl)coc12. The third kappa shape index (κ3) is 1.83. The smallest absolute Gasteiger partial charge is 0.226 e. The van der Waals surface area contributed by atoms with Crippen LogP contribution in [0.3, 0.4) is 0 Å². The van der Waals surface area contributed by atoms with Gasteiger partial charge in [-0.1, -0.05) is 12.1 Å². The molecular formula is C11H9ClO3. The van der Waals surface area contributed by atoms with Gasteiger partial charge in [-0.15, -0.1) is 0 Å². The Morgan fingerprint density at radius 3 is 3.00 bits per heavy atom. The van der Waals surface area contributed by atoms with Crippen LogP contribution in [0.2, 0.25) is 0 Å². The van der Waals surface area contributed by atoms with Gasteiger partial charge in [0, 0.05) is 10.9 Å². The average Bonchev–Trinajstić information content (AvgIpc) is 2.61. The molecule has 15 heavy (non-hydrogen) atoms. The standard InChI is InChI=1S/C11H9ClO3/c1-14-9-4-2-3-8-7(5-10(12)13)6-15-11(8)9/h2-4,6H,5H2,1H3. The molecule has 0 aliphatic heterocycles. The van der Waals surface area contributed by atoms with Crippen molar-refractivity contribution in [2.45, 2.75) is 6.42 Å². The summed E-state index contributed by atoms with van der Waals surface area (Å²) >= 11 is 5.33. The number of carbonyl (C=O) groups is 1. The van der Waals surface area contributed by atoms with Crippen LogP contribution < -0.4 is 4.74 Å². The fourth-order valence-corrected chi connectivity index (χ4v) is 1.68. The second kappa shape index (κ2) is 3.95. The first-order valence-electron chi connectivity index (χ1n) is 4.44. The van der Waals surface area contributed by atoms with Crippen molar-refractivity contribution >= 4 is 27.8 Å². The molecule has 0 saturated carbocycles. The highest BCUT2D eigenvalue weighted by atomic mass is 35.5. The molecule has 0 N–H and O–H groups in total. The number of rotatable bonds is 3. The fourth-order valence-electron chi connectivity index (χ4n) is 1.53. The van der Waals surface area contributed by atoms with Gasteiger partial charge in [-0.25, -0.2) is 0 Å². The molecule has 78 valence electrons. The first-order chi connectivity index (χ1) is 7.22. The van der Waals surface area contributed by atoms with Crippen molar-refractivity contribution in [2.24, 2.45) is 0 Å². The van der Waals surface area contributed by atoms with Crippen molar-refractivity contribution in [1.82, 2.24) is 0 Å². The zero-order valence-corrected chi connectivity index (χ0v) is 8.88. The summed E-state index contributed by atoms with van der Waals surface area (Å²) < 4.78 is 10.5. The maximum Gasteiger partial charge on any atom is 0.226 e. The molecule has 1 aromatic carbocycles. The second-order valence-corrected chi connectivity index (χ2v) is 3.55. The van der Waals surface area contributed by atoms with Gasteiger partial charge in [-0.3, -0.25) is 4.79 Å². The number of hydrogen-bond donors (Lipinski definition) is 0. The molecule has 0 aliphatic rings. The number of benzene rings is 1. The number of fused-ring (bicyclic) bond motifs is 1. The zero-order valence-electron chi connectivity index (χ0n) is 8.12. The van der Waals surface area contributed by atoms with Gasteiger partial charge in [-0.05, 0) is 17.7 Å². The highest BCUT2D eigenvalue weighted by molar-refractivity contribution is 6.63. The van der Waals surface area contributed by atoms with E-state index < -0.39 is 5.24 Å². The molecule has 2 aromatic rings. The van der Waals surface area contributed by atoms with Crippen LogP contribution >= 0.6 is 11.6 Å². The lowest BCUT2D eigenvalue weighted by Gasteiger charge is -1.99. The molecule has 4 heteroatoms. The van der Waals surface area contributed by atoms with E-state index in [2.05, 4.69) is 0 Å². The average molecular weight is 225 g/mol. The summed E-state index contributed by atoms with van der Waals surface area (Å²) in [6, 6.07) is 5.52. The van der Waals surface area contributed by atoms with Crippen LogP contribution in [-0.2, 0) is 11.2 Å². The number of hydrogen-bond acceptors (Lipinski definition) is 3. The number of furan rings is 1. The number of methoxy groups -OCH3 is 1. The molecule has 0 saturated heterocycles. The van der Waals surface area contributed by atoms with Crippen LogP contribution in [0.1, 0.15) is 5.56 Å². The molecule has 0 atom stereocenters. The Kier molecular flexibility index (Phi) is 2.64. The van der Waals surface area contributed by atoms with E-state index in [0.717, 1.165) is 10.9 Å². The van der Waals surface area contributed by atoms with Crippen LogP contribution in [0.5, 0.6) is 5.75 Å². The zero-order chi connectivity index (χ0) is 10.8. The minimum Gasteiger partial charge on any atom is -0.493 e. The van der Waals surface area contributed by atoms with Crippen LogP contribution in [0, 0.1) is 0 Å². The predicted octanol–water partition coefficient (Wildman–Crippen LogP) is 2.75. The Hall–Kier alpha value is -1.48. The van der Waals surface area contributed by atoms with E-state index in [1.807, 2.05) is 12.1 Å². The monoisotopic (exact) mass is 224 g/mol. The normalized spacial score (nSPS) is 10.5. The van der Waals surface area contributed by atoms with Gasteiger partial charge in [0.15, 0.2) is 11.3 Å². The summed E-state index contributed by atoms with van der Waals surface area (Å²) in [6.07, 6.45) is 1.70. The number of halogens is 1. The maximum atomic E-state index is 10.8. The first-order valence-corrected chi connectivity index (χ1v) is 4.81. The van der Waals surface area contributed by atoms with Gasteiger partial charge >= 0.3 is 0 Å². The molecule has 0 aliphatic carbocycles. The summed E-state index contributed by atoms with van der Waals surface area (Å²) in [5.74, 6) is 0.653. The topological polar surface area (TPSA) is 39.4 Å². The fraction of sp³-hybridized carbons (Fsp3) is 0.182. The molecule has 0 radical (unpaired) electrons. The van der Waals surface area contributed by atoms with Crippen LogP contribution in [0.25, 0.3) is 11.0 Å². The Morgan fingerprint density at radius 2 is 2.33 bits per heavy atom. The van der Waals surface area contributed by atoms with Crippen molar-refractivity contribution in [3.8, 4) is 5.75 Å². The third-order valence-electron chi connectivity index (χ3n) is 2.19. The molecule has 0 bridgehead atoms. The highest BCUT2D eigenvalue weighted by Crippen LogP contribution is 2.29. The molecule has 1 aromatic heterocycles. The van der Waals surface area contributed by atoms with E-state index in [1.165, 1.54) is 6.26 Å². The second-order valence-electron chi connectivity index (χ2n) is 3.13. The first kappa shape index (κ1) is 10.1. The van der Waals surface area contributed by atoms with Crippen molar-refractivity contribution in [2.75, 3.05) is 7.11 Å². The summed E-state index contributed by atoms with van der Waals surface area (Å²) in [6.45, 7) is 0. The predicted molar refractivity (Wildman–Crippen MR) is 57.3 cm³/mol. The molecule has 0 unspecified atom stereocenters. The van der Waals surface area contributed by atoms with Crippen molar-refractivity contribution < 1.29 is 13.9 Å². The van der Waals surface area contributed by atoms with Crippen LogP contribution in [0.15, 0.2) is 28.9 Å². The molecule has 0 spiro atoms. The summed E-state index contributed by atoms with van der Waals surface area (Å²) in [4.78, 5) is 10.8. The van der Waals surface area contributed by atoms with Gasteiger partial charge < -0.3 is 9.15 Å². The summed E-state index contributed by atoms with van der Waals surface area (Å²) in [5.41, 5.74) is 1.43.